The van der Waals surface area contributed by atoms with E-state index in [0.717, 1.165) is 0 Å². The van der Waals surface area contributed by atoms with Gasteiger partial charge in [0.1, 0.15) is 4.90 Å². The van der Waals surface area contributed by atoms with Crippen molar-refractivity contribution in [1.82, 2.24) is 9.29 Å². The first-order valence-electron chi connectivity index (χ1n) is 8.17. The van der Waals surface area contributed by atoms with E-state index in [1.54, 1.807) is 51.2 Å². The summed E-state index contributed by atoms with van der Waals surface area (Å²) in [7, 11) is -3.79. The molecule has 0 aliphatic carbocycles. The first-order chi connectivity index (χ1) is 12.1. The van der Waals surface area contributed by atoms with E-state index >= 15 is 0 Å². The van der Waals surface area contributed by atoms with Crippen molar-refractivity contribution in [2.45, 2.75) is 44.2 Å². The number of para-hydroxylation sites is 1. The van der Waals surface area contributed by atoms with Gasteiger partial charge in [0.25, 0.3) is 5.56 Å². The molecule has 8 heteroatoms. The number of hydrogen-bond acceptors (Lipinski definition) is 4. The zero-order chi connectivity index (χ0) is 19.4. The molecule has 0 atom stereocenters. The Kier molecular flexibility index (Phi) is 5.99. The van der Waals surface area contributed by atoms with Crippen LogP contribution in [0.5, 0.6) is 0 Å². The van der Waals surface area contributed by atoms with Crippen LogP contribution in [-0.2, 0) is 21.4 Å². The van der Waals surface area contributed by atoms with E-state index in [9.17, 15) is 18.0 Å². The zero-order valence-corrected chi connectivity index (χ0v) is 15.8. The first kappa shape index (κ1) is 19.9. The molecule has 0 saturated heterocycles. The fraction of sp³-hybridized carbons (Fsp3) is 0.333. The van der Waals surface area contributed by atoms with Crippen molar-refractivity contribution in [3.05, 3.63) is 59.0 Å². The number of nitrogens with one attached hydrogen (secondary N) is 2. The summed E-state index contributed by atoms with van der Waals surface area (Å²) in [5, 5.41) is 2.62. The highest BCUT2D eigenvalue weighted by Gasteiger charge is 2.24. The maximum absolute atomic E-state index is 12.6. The highest BCUT2D eigenvalue weighted by atomic mass is 32.2. The number of amides is 1. The Morgan fingerprint density at radius 1 is 1.08 bits per heavy atom. The van der Waals surface area contributed by atoms with Crippen molar-refractivity contribution >= 4 is 21.6 Å². The number of benzene rings is 1. The molecule has 0 bridgehead atoms. The average molecular weight is 377 g/mol. The molecule has 1 amide bonds. The minimum atomic E-state index is -3.79. The molecule has 7 nitrogen and oxygen atoms in total. The molecule has 2 rings (SSSR count). The van der Waals surface area contributed by atoms with Crippen LogP contribution in [0, 0.1) is 0 Å². The number of anilines is 1. The van der Waals surface area contributed by atoms with Gasteiger partial charge in [-0.25, -0.2) is 13.1 Å². The molecule has 1 aromatic heterocycles. The summed E-state index contributed by atoms with van der Waals surface area (Å²) in [6, 6.07) is 11.0. The van der Waals surface area contributed by atoms with Gasteiger partial charge in [0, 0.05) is 30.8 Å². The molecule has 0 fully saturated rings. The number of pyridine rings is 1. The molecule has 0 aliphatic rings. The lowest BCUT2D eigenvalue weighted by molar-refractivity contribution is -0.116. The molecule has 0 radical (unpaired) electrons. The highest BCUT2D eigenvalue weighted by molar-refractivity contribution is 7.89. The average Bonchev–Trinajstić information content (AvgIpc) is 2.52. The minimum Gasteiger partial charge on any atom is -0.325 e. The lowest BCUT2D eigenvalue weighted by Gasteiger charge is -2.21. The van der Waals surface area contributed by atoms with E-state index in [1.165, 1.54) is 22.8 Å². The third-order valence-electron chi connectivity index (χ3n) is 3.37. The van der Waals surface area contributed by atoms with Crippen LogP contribution in [0.3, 0.4) is 0 Å². The fourth-order valence-corrected chi connectivity index (χ4v) is 3.92. The molecule has 2 aromatic rings. The zero-order valence-electron chi connectivity index (χ0n) is 15.0. The Morgan fingerprint density at radius 3 is 2.38 bits per heavy atom. The fourth-order valence-electron chi connectivity index (χ4n) is 2.34. The van der Waals surface area contributed by atoms with Gasteiger partial charge < -0.3 is 9.88 Å². The van der Waals surface area contributed by atoms with Crippen molar-refractivity contribution in [2.24, 2.45) is 0 Å². The maximum atomic E-state index is 12.6. The maximum Gasteiger partial charge on any atom is 0.250 e. The Hall–Kier alpha value is -2.45. The van der Waals surface area contributed by atoms with Crippen molar-refractivity contribution in [2.75, 3.05) is 5.32 Å². The van der Waals surface area contributed by atoms with Gasteiger partial charge in [0.05, 0.1) is 5.69 Å². The lowest BCUT2D eigenvalue weighted by Crippen LogP contribution is -2.40. The van der Waals surface area contributed by atoms with Crippen molar-refractivity contribution in [3.8, 4) is 0 Å². The predicted molar refractivity (Wildman–Crippen MR) is 100 cm³/mol. The Morgan fingerprint density at radius 2 is 1.73 bits per heavy atom. The van der Waals surface area contributed by atoms with Crippen molar-refractivity contribution in [3.63, 3.8) is 0 Å². The quantitative estimate of drug-likeness (QED) is 0.804. The van der Waals surface area contributed by atoms with Gasteiger partial charge in [-0.3, -0.25) is 9.59 Å². The van der Waals surface area contributed by atoms with E-state index in [2.05, 4.69) is 10.0 Å². The monoisotopic (exact) mass is 377 g/mol. The van der Waals surface area contributed by atoms with Crippen LogP contribution < -0.4 is 15.6 Å². The molecule has 140 valence electrons. The number of aryl methyl sites for hydroxylation is 1. The normalized spacial score (nSPS) is 12.0. The predicted octanol–water partition coefficient (Wildman–Crippen LogP) is 1.95. The van der Waals surface area contributed by atoms with Crippen LogP contribution in [0.25, 0.3) is 0 Å². The van der Waals surface area contributed by atoms with E-state index < -0.39 is 15.6 Å². The number of aromatic nitrogens is 1. The van der Waals surface area contributed by atoms with E-state index in [1.807, 2.05) is 0 Å². The van der Waals surface area contributed by atoms with Gasteiger partial charge in [0.15, 0.2) is 0 Å². The van der Waals surface area contributed by atoms with Crippen LogP contribution in [0.1, 0.15) is 27.2 Å². The Balaban J connectivity index is 2.14. The van der Waals surface area contributed by atoms with Gasteiger partial charge in [-0.1, -0.05) is 18.2 Å². The van der Waals surface area contributed by atoms with Crippen LogP contribution >= 0.6 is 0 Å². The van der Waals surface area contributed by atoms with Crippen molar-refractivity contribution < 1.29 is 13.2 Å². The summed E-state index contributed by atoms with van der Waals surface area (Å²) in [6.07, 6.45) is 1.65. The van der Waals surface area contributed by atoms with Crippen molar-refractivity contribution in [1.29, 1.82) is 0 Å². The van der Waals surface area contributed by atoms with Gasteiger partial charge in [0.2, 0.25) is 15.9 Å². The van der Waals surface area contributed by atoms with Crippen LogP contribution in [0.4, 0.5) is 5.69 Å². The number of nitrogens with zero attached hydrogens (tertiary/aromatic N) is 1. The summed E-state index contributed by atoms with van der Waals surface area (Å²) in [5.74, 6) is -0.376. The van der Waals surface area contributed by atoms with Crippen LogP contribution in [-0.4, -0.2) is 24.4 Å². The minimum absolute atomic E-state index is 0.000142. The molecule has 1 heterocycles. The van der Waals surface area contributed by atoms with Gasteiger partial charge in [-0.15, -0.1) is 0 Å². The number of carbonyl (C=O) groups excluding carboxylic acids is 1. The second-order valence-electron chi connectivity index (χ2n) is 6.88. The lowest BCUT2D eigenvalue weighted by atomic mass is 10.1. The van der Waals surface area contributed by atoms with E-state index in [-0.39, 0.29) is 35.0 Å². The summed E-state index contributed by atoms with van der Waals surface area (Å²) in [4.78, 5) is 23.9. The van der Waals surface area contributed by atoms with Gasteiger partial charge in [-0.2, -0.15) is 0 Å². The van der Waals surface area contributed by atoms with Gasteiger partial charge >= 0.3 is 0 Å². The summed E-state index contributed by atoms with van der Waals surface area (Å²) >= 11 is 0. The Labute approximate surface area is 153 Å². The highest BCUT2D eigenvalue weighted by Crippen LogP contribution is 2.22. The molecular weight excluding hydrogens is 354 g/mol. The molecule has 0 spiro atoms. The second kappa shape index (κ2) is 7.84. The number of sulfonamides is 1. The molecule has 0 aliphatic heterocycles. The smallest absolute Gasteiger partial charge is 0.250 e. The molecular formula is C18H23N3O4S. The van der Waals surface area contributed by atoms with Crippen LogP contribution in [0.15, 0.2) is 58.4 Å². The molecule has 26 heavy (non-hydrogen) atoms. The Bertz CT molecular complexity index is 943. The molecule has 2 N–H and O–H groups in total. The van der Waals surface area contributed by atoms with Crippen LogP contribution in [0.2, 0.25) is 0 Å². The van der Waals surface area contributed by atoms with E-state index in [4.69, 9.17) is 0 Å². The molecule has 1 aromatic carbocycles. The standard InChI is InChI=1S/C18H23N3O4S/c1-18(2,3)20-26(24,25)15-9-5-4-8-14(15)19-16(22)11-13-21-12-7-6-10-17(21)23/h4-10,12,20H,11,13H2,1-3H3,(H,19,22). The summed E-state index contributed by atoms with van der Waals surface area (Å²) in [6.45, 7) is 5.43. The number of hydrogen-bond donors (Lipinski definition) is 2. The first-order valence-corrected chi connectivity index (χ1v) is 9.65. The largest absolute Gasteiger partial charge is 0.325 e. The molecule has 0 saturated carbocycles. The van der Waals surface area contributed by atoms with Gasteiger partial charge in [-0.05, 0) is 39.0 Å². The summed E-state index contributed by atoms with van der Waals surface area (Å²) in [5.41, 5.74) is -0.642. The summed E-state index contributed by atoms with van der Waals surface area (Å²) < 4.78 is 29.1. The topological polar surface area (TPSA) is 97.3 Å². The number of rotatable bonds is 6. The third kappa shape index (κ3) is 5.53. The number of carbonyl (C=O) groups is 1. The third-order valence-corrected chi connectivity index (χ3v) is 5.19. The molecule has 0 unspecified atom stereocenters. The van der Waals surface area contributed by atoms with E-state index in [0.29, 0.717) is 0 Å². The SMILES string of the molecule is CC(C)(C)NS(=O)(=O)c1ccccc1NC(=O)CCn1ccccc1=O. The second-order valence-corrected chi connectivity index (χ2v) is 8.53.